The van der Waals surface area contributed by atoms with Gasteiger partial charge in [0.1, 0.15) is 5.75 Å². The number of benzene rings is 1. The van der Waals surface area contributed by atoms with E-state index in [-0.39, 0.29) is 24.4 Å². The minimum absolute atomic E-state index is 0.0678. The van der Waals surface area contributed by atoms with Gasteiger partial charge in [-0.05, 0) is 37.6 Å². The lowest BCUT2D eigenvalue weighted by Gasteiger charge is -2.13. The predicted molar refractivity (Wildman–Crippen MR) is 88.7 cm³/mol. The van der Waals surface area contributed by atoms with E-state index in [1.165, 1.54) is 0 Å². The lowest BCUT2D eigenvalue weighted by atomic mass is 10.2. The molecule has 0 aliphatic rings. The standard InChI is InChI=1S/C17H26N2O4/c1-4-5-10-23-15-8-6-14(7-9-15)17(21)18-11-16(20)19-13(2)12-22-3/h6-9,13H,4-5,10-12H2,1-3H3,(H,18,21)(H,19,20). The number of hydrogen-bond donors (Lipinski definition) is 2. The van der Waals surface area contributed by atoms with E-state index in [1.807, 2.05) is 6.92 Å². The van der Waals surface area contributed by atoms with Crippen molar-refractivity contribution in [3.05, 3.63) is 29.8 Å². The molecule has 0 fully saturated rings. The first-order valence-electron chi connectivity index (χ1n) is 7.86. The highest BCUT2D eigenvalue weighted by atomic mass is 16.5. The Balaban J connectivity index is 2.38. The van der Waals surface area contributed by atoms with Crippen LogP contribution in [0.1, 0.15) is 37.0 Å². The van der Waals surface area contributed by atoms with Gasteiger partial charge >= 0.3 is 0 Å². The quantitative estimate of drug-likeness (QED) is 0.643. The molecule has 0 heterocycles. The highest BCUT2D eigenvalue weighted by Crippen LogP contribution is 2.12. The topological polar surface area (TPSA) is 76.7 Å². The average Bonchev–Trinajstić information content (AvgIpc) is 2.53. The van der Waals surface area contributed by atoms with Crippen LogP contribution in [0.2, 0.25) is 0 Å². The molecule has 1 aromatic carbocycles. The number of nitrogens with one attached hydrogen (secondary N) is 2. The second-order valence-electron chi connectivity index (χ2n) is 5.33. The minimum Gasteiger partial charge on any atom is -0.494 e. The van der Waals surface area contributed by atoms with Crippen LogP contribution >= 0.6 is 0 Å². The highest BCUT2D eigenvalue weighted by Gasteiger charge is 2.10. The molecular weight excluding hydrogens is 296 g/mol. The fraction of sp³-hybridized carbons (Fsp3) is 0.529. The average molecular weight is 322 g/mol. The van der Waals surface area contributed by atoms with Crippen molar-refractivity contribution in [3.8, 4) is 5.75 Å². The van der Waals surface area contributed by atoms with Crippen LogP contribution in [-0.4, -0.2) is 44.7 Å². The number of carbonyl (C=O) groups excluding carboxylic acids is 2. The molecule has 1 atom stereocenters. The molecule has 6 heteroatoms. The maximum Gasteiger partial charge on any atom is 0.251 e. The number of rotatable bonds is 10. The summed E-state index contributed by atoms with van der Waals surface area (Å²) in [5, 5.41) is 5.31. The van der Waals surface area contributed by atoms with Gasteiger partial charge in [-0.3, -0.25) is 9.59 Å². The number of carbonyl (C=O) groups is 2. The van der Waals surface area contributed by atoms with Crippen molar-refractivity contribution >= 4 is 11.8 Å². The number of methoxy groups -OCH3 is 1. The molecule has 0 radical (unpaired) electrons. The first kappa shape index (κ1) is 19.0. The summed E-state index contributed by atoms with van der Waals surface area (Å²) < 4.78 is 10.5. The van der Waals surface area contributed by atoms with Crippen LogP contribution in [0.4, 0.5) is 0 Å². The Morgan fingerprint density at radius 2 is 1.91 bits per heavy atom. The van der Waals surface area contributed by atoms with E-state index in [0.29, 0.717) is 18.8 Å². The Morgan fingerprint density at radius 1 is 1.22 bits per heavy atom. The Morgan fingerprint density at radius 3 is 2.52 bits per heavy atom. The van der Waals surface area contributed by atoms with Crippen LogP contribution in [-0.2, 0) is 9.53 Å². The fourth-order valence-corrected chi connectivity index (χ4v) is 1.92. The van der Waals surface area contributed by atoms with Gasteiger partial charge in [-0.15, -0.1) is 0 Å². The van der Waals surface area contributed by atoms with E-state index in [2.05, 4.69) is 17.6 Å². The summed E-state index contributed by atoms with van der Waals surface area (Å²) in [6.07, 6.45) is 2.07. The molecule has 0 aliphatic carbocycles. The lowest BCUT2D eigenvalue weighted by Crippen LogP contribution is -2.42. The van der Waals surface area contributed by atoms with E-state index in [0.717, 1.165) is 18.6 Å². The van der Waals surface area contributed by atoms with E-state index < -0.39 is 0 Å². The van der Waals surface area contributed by atoms with Gasteiger partial charge in [0.05, 0.1) is 19.8 Å². The summed E-state index contributed by atoms with van der Waals surface area (Å²) in [6, 6.07) is 6.78. The summed E-state index contributed by atoms with van der Waals surface area (Å²) in [6.45, 7) is 4.96. The van der Waals surface area contributed by atoms with Crippen molar-refractivity contribution in [1.82, 2.24) is 10.6 Å². The number of ether oxygens (including phenoxy) is 2. The molecular formula is C17H26N2O4. The zero-order valence-electron chi connectivity index (χ0n) is 14.1. The number of unbranched alkanes of at least 4 members (excludes halogenated alkanes) is 1. The third-order valence-corrected chi connectivity index (χ3v) is 3.12. The fourth-order valence-electron chi connectivity index (χ4n) is 1.92. The summed E-state index contributed by atoms with van der Waals surface area (Å²) in [5.41, 5.74) is 0.491. The molecule has 1 rings (SSSR count). The van der Waals surface area contributed by atoms with Crippen LogP contribution in [0.3, 0.4) is 0 Å². The third-order valence-electron chi connectivity index (χ3n) is 3.12. The normalized spacial score (nSPS) is 11.6. The molecule has 0 aromatic heterocycles. The molecule has 0 aliphatic heterocycles. The lowest BCUT2D eigenvalue weighted by molar-refractivity contribution is -0.121. The van der Waals surface area contributed by atoms with E-state index in [4.69, 9.17) is 9.47 Å². The molecule has 2 amide bonds. The van der Waals surface area contributed by atoms with Crippen LogP contribution < -0.4 is 15.4 Å². The smallest absolute Gasteiger partial charge is 0.251 e. The zero-order valence-corrected chi connectivity index (χ0v) is 14.1. The summed E-state index contributed by atoms with van der Waals surface area (Å²) in [5.74, 6) is 0.197. The van der Waals surface area contributed by atoms with Crippen molar-refractivity contribution in [2.24, 2.45) is 0 Å². The summed E-state index contributed by atoms with van der Waals surface area (Å²) in [4.78, 5) is 23.6. The van der Waals surface area contributed by atoms with Gasteiger partial charge in [0.2, 0.25) is 5.91 Å². The molecule has 0 bridgehead atoms. The van der Waals surface area contributed by atoms with Crippen molar-refractivity contribution < 1.29 is 19.1 Å². The molecule has 0 saturated carbocycles. The molecule has 1 aromatic rings. The third kappa shape index (κ3) is 7.65. The molecule has 0 saturated heterocycles. The van der Waals surface area contributed by atoms with E-state index >= 15 is 0 Å². The van der Waals surface area contributed by atoms with E-state index in [1.54, 1.807) is 31.4 Å². The maximum atomic E-state index is 12.0. The van der Waals surface area contributed by atoms with Gasteiger partial charge in [-0.2, -0.15) is 0 Å². The Bertz CT molecular complexity index is 488. The van der Waals surface area contributed by atoms with Gasteiger partial charge in [-0.1, -0.05) is 13.3 Å². The van der Waals surface area contributed by atoms with Gasteiger partial charge in [-0.25, -0.2) is 0 Å². The highest BCUT2D eigenvalue weighted by molar-refractivity contribution is 5.96. The van der Waals surface area contributed by atoms with Crippen LogP contribution in [0.5, 0.6) is 5.75 Å². The SMILES string of the molecule is CCCCOc1ccc(C(=O)NCC(=O)NC(C)COC)cc1. The first-order chi connectivity index (χ1) is 11.1. The number of amides is 2. The Hall–Kier alpha value is -2.08. The predicted octanol–water partition coefficient (Wildman–Crippen LogP) is 1.75. The maximum absolute atomic E-state index is 12.0. The molecule has 128 valence electrons. The minimum atomic E-state index is -0.292. The molecule has 23 heavy (non-hydrogen) atoms. The molecule has 2 N–H and O–H groups in total. The summed E-state index contributed by atoms with van der Waals surface area (Å²) >= 11 is 0. The summed E-state index contributed by atoms with van der Waals surface area (Å²) in [7, 11) is 1.57. The Kier molecular flexibility index (Phi) is 8.75. The largest absolute Gasteiger partial charge is 0.494 e. The molecule has 0 spiro atoms. The molecule has 1 unspecified atom stereocenters. The van der Waals surface area contributed by atoms with Crippen molar-refractivity contribution in [3.63, 3.8) is 0 Å². The van der Waals surface area contributed by atoms with Crippen molar-refractivity contribution in [2.45, 2.75) is 32.7 Å². The van der Waals surface area contributed by atoms with Gasteiger partial charge < -0.3 is 20.1 Å². The van der Waals surface area contributed by atoms with Crippen LogP contribution in [0, 0.1) is 0 Å². The van der Waals surface area contributed by atoms with Crippen LogP contribution in [0.25, 0.3) is 0 Å². The monoisotopic (exact) mass is 322 g/mol. The second-order valence-corrected chi connectivity index (χ2v) is 5.33. The van der Waals surface area contributed by atoms with Crippen molar-refractivity contribution in [1.29, 1.82) is 0 Å². The van der Waals surface area contributed by atoms with Gasteiger partial charge in [0.25, 0.3) is 5.91 Å². The second kappa shape index (κ2) is 10.6. The van der Waals surface area contributed by atoms with Crippen LogP contribution in [0.15, 0.2) is 24.3 Å². The Labute approximate surface area is 137 Å². The van der Waals surface area contributed by atoms with Gasteiger partial charge in [0.15, 0.2) is 0 Å². The zero-order chi connectivity index (χ0) is 17.1. The van der Waals surface area contributed by atoms with Crippen molar-refractivity contribution in [2.75, 3.05) is 26.9 Å². The molecule has 6 nitrogen and oxygen atoms in total. The van der Waals surface area contributed by atoms with Gasteiger partial charge in [0, 0.05) is 18.7 Å². The van der Waals surface area contributed by atoms with E-state index in [9.17, 15) is 9.59 Å². The number of hydrogen-bond acceptors (Lipinski definition) is 4. The first-order valence-corrected chi connectivity index (χ1v) is 7.86.